The van der Waals surface area contributed by atoms with E-state index in [9.17, 15) is 31.5 Å². The topological polar surface area (TPSA) is 108 Å². The van der Waals surface area contributed by atoms with E-state index in [1.54, 1.807) is 28.9 Å². The first kappa shape index (κ1) is 31.2. The molecule has 1 aromatic heterocycles. The third-order valence-corrected chi connectivity index (χ3v) is 9.31. The number of nitrogens with one attached hydrogen (secondary N) is 1. The van der Waals surface area contributed by atoms with Gasteiger partial charge < -0.3 is 15.3 Å². The Hall–Kier alpha value is -3.26. The summed E-state index contributed by atoms with van der Waals surface area (Å²) in [5, 5.41) is 18.2. The number of alkyl halides is 3. The zero-order valence-electron chi connectivity index (χ0n) is 24.2. The van der Waals surface area contributed by atoms with E-state index in [1.165, 1.54) is 16.4 Å². The summed E-state index contributed by atoms with van der Waals surface area (Å²) >= 11 is 0. The summed E-state index contributed by atoms with van der Waals surface area (Å²) in [6, 6.07) is 10.3. The third kappa shape index (κ3) is 7.28. The number of fused-ring (bicyclic) bond motifs is 1. The Kier molecular flexibility index (Phi) is 8.98. The number of sulfonamides is 1. The number of likely N-dealkylation sites (tertiary alicyclic amines) is 1. The number of rotatable bonds is 9. The molecule has 0 aliphatic carbocycles. The highest BCUT2D eigenvalue weighted by Crippen LogP contribution is 2.37. The maximum Gasteiger partial charge on any atom is 0.416 e. The Bertz CT molecular complexity index is 1580. The highest BCUT2D eigenvalue weighted by atomic mass is 32.2. The van der Waals surface area contributed by atoms with Crippen molar-refractivity contribution in [2.75, 3.05) is 32.4 Å². The number of aliphatic hydroxyl groups is 1. The van der Waals surface area contributed by atoms with Gasteiger partial charge in [0.05, 0.1) is 30.2 Å². The molecule has 9 nitrogen and oxygen atoms in total. The number of carbonyl (C=O) groups excluding carboxylic acids is 1. The molecule has 1 fully saturated rings. The van der Waals surface area contributed by atoms with E-state index in [4.69, 9.17) is 5.10 Å². The average Bonchev–Trinajstić information content (AvgIpc) is 3.58. The average molecular weight is 620 g/mol. The van der Waals surface area contributed by atoms with Crippen molar-refractivity contribution in [3.05, 3.63) is 76.0 Å². The fourth-order valence-electron chi connectivity index (χ4n) is 5.80. The number of carbonyl (C=O) groups is 1. The van der Waals surface area contributed by atoms with Crippen molar-refractivity contribution in [1.82, 2.24) is 24.3 Å². The molecule has 0 saturated carbocycles. The summed E-state index contributed by atoms with van der Waals surface area (Å²) in [7, 11) is -3.53. The smallest absolute Gasteiger partial charge is 0.390 e. The molecule has 1 saturated heterocycles. The number of aryl methyl sites for hydroxylation is 1. The summed E-state index contributed by atoms with van der Waals surface area (Å²) in [5.74, 6) is -0.504. The molecule has 2 N–H and O–H groups in total. The first-order valence-corrected chi connectivity index (χ1v) is 16.1. The Morgan fingerprint density at radius 2 is 1.77 bits per heavy atom. The molecule has 43 heavy (non-hydrogen) atoms. The molecule has 13 heteroatoms. The summed E-state index contributed by atoms with van der Waals surface area (Å²) in [5.41, 5.74) is 2.33. The number of aromatic nitrogens is 2. The van der Waals surface area contributed by atoms with Crippen LogP contribution in [0.1, 0.15) is 51.1 Å². The Morgan fingerprint density at radius 1 is 1.07 bits per heavy atom. The fourth-order valence-corrected chi connectivity index (χ4v) is 6.59. The van der Waals surface area contributed by atoms with Gasteiger partial charge in [0.15, 0.2) is 0 Å². The van der Waals surface area contributed by atoms with Crippen molar-refractivity contribution in [2.24, 2.45) is 0 Å². The molecule has 2 aliphatic heterocycles. The van der Waals surface area contributed by atoms with Crippen molar-refractivity contribution < 1.29 is 31.5 Å². The van der Waals surface area contributed by atoms with Gasteiger partial charge in [-0.3, -0.25) is 9.48 Å². The minimum absolute atomic E-state index is 0.0201. The second kappa shape index (κ2) is 12.4. The van der Waals surface area contributed by atoms with Gasteiger partial charge in [0.25, 0.3) is 5.91 Å². The summed E-state index contributed by atoms with van der Waals surface area (Å²) in [4.78, 5) is 14.9. The Morgan fingerprint density at radius 3 is 2.42 bits per heavy atom. The normalized spacial score (nSPS) is 17.2. The maximum absolute atomic E-state index is 14.0. The number of aliphatic hydroxyl groups excluding tert-OH is 1. The number of amides is 1. The molecule has 3 aromatic rings. The second-order valence-corrected chi connectivity index (χ2v) is 13.4. The molecule has 2 aromatic carbocycles. The largest absolute Gasteiger partial charge is 0.416 e. The maximum atomic E-state index is 14.0. The first-order valence-electron chi connectivity index (χ1n) is 14.3. The van der Waals surface area contributed by atoms with E-state index in [0.29, 0.717) is 35.3 Å². The second-order valence-electron chi connectivity index (χ2n) is 11.4. The Labute approximate surface area is 249 Å². The van der Waals surface area contributed by atoms with Crippen molar-refractivity contribution in [1.29, 1.82) is 0 Å². The molecule has 1 atom stereocenters. The van der Waals surface area contributed by atoms with Crippen LogP contribution in [0, 0.1) is 6.92 Å². The lowest BCUT2D eigenvalue weighted by molar-refractivity contribution is -0.138. The number of β-amino-alcohol motifs (C(OH)–C–C–N with tert-alkyl or cyclic N) is 1. The van der Waals surface area contributed by atoms with Crippen molar-refractivity contribution in [3.63, 3.8) is 0 Å². The van der Waals surface area contributed by atoms with E-state index < -0.39 is 33.8 Å². The van der Waals surface area contributed by atoms with E-state index in [1.807, 2.05) is 6.92 Å². The zero-order valence-corrected chi connectivity index (χ0v) is 25.0. The highest BCUT2D eigenvalue weighted by Gasteiger charge is 2.35. The Balaban J connectivity index is 1.48. The minimum atomic E-state index is -4.66. The van der Waals surface area contributed by atoms with Gasteiger partial charge in [0.2, 0.25) is 10.0 Å². The van der Waals surface area contributed by atoms with E-state index in [-0.39, 0.29) is 31.7 Å². The predicted octanol–water partition coefficient (Wildman–Crippen LogP) is 3.58. The van der Waals surface area contributed by atoms with E-state index in [0.717, 1.165) is 49.5 Å². The number of benzene rings is 2. The molecule has 1 amide bonds. The van der Waals surface area contributed by atoms with Crippen LogP contribution in [-0.2, 0) is 42.3 Å². The summed E-state index contributed by atoms with van der Waals surface area (Å²) < 4.78 is 69.8. The van der Waals surface area contributed by atoms with Gasteiger partial charge in [-0.25, -0.2) is 8.42 Å². The van der Waals surface area contributed by atoms with Crippen LogP contribution in [0.15, 0.2) is 42.5 Å². The van der Waals surface area contributed by atoms with Crippen LogP contribution < -0.4 is 5.32 Å². The number of nitrogens with zero attached hydrogens (tertiary/aromatic N) is 4. The lowest BCUT2D eigenvalue weighted by atomic mass is 9.97. The van der Waals surface area contributed by atoms with Crippen LogP contribution in [0.5, 0.6) is 0 Å². The lowest BCUT2D eigenvalue weighted by Crippen LogP contribution is -2.37. The SMILES string of the molecule is Cc1ccc(C(=O)NCc2cc(-c3nn(CC(O)CN4CCCC4)c4c3CN(S(C)(=O)=O)CC4)ccc2C(F)(F)F)cc1. The van der Waals surface area contributed by atoms with Gasteiger partial charge in [-0.15, -0.1) is 0 Å². The van der Waals surface area contributed by atoms with Crippen molar-refractivity contribution >= 4 is 15.9 Å². The quantitative estimate of drug-likeness (QED) is 0.379. The minimum Gasteiger partial charge on any atom is -0.390 e. The highest BCUT2D eigenvalue weighted by molar-refractivity contribution is 7.88. The zero-order chi connectivity index (χ0) is 30.9. The molecule has 5 rings (SSSR count). The number of hydrogen-bond acceptors (Lipinski definition) is 6. The van der Waals surface area contributed by atoms with Gasteiger partial charge >= 0.3 is 6.18 Å². The van der Waals surface area contributed by atoms with E-state index >= 15 is 0 Å². The number of hydrogen-bond donors (Lipinski definition) is 2. The monoisotopic (exact) mass is 619 g/mol. The summed E-state index contributed by atoms with van der Waals surface area (Å²) in [6.45, 7) is 4.24. The molecule has 0 bridgehead atoms. The van der Waals surface area contributed by atoms with Crippen LogP contribution in [0.4, 0.5) is 13.2 Å². The van der Waals surface area contributed by atoms with Gasteiger partial charge in [0, 0.05) is 55.0 Å². The van der Waals surface area contributed by atoms with Crippen LogP contribution in [0.25, 0.3) is 11.3 Å². The lowest BCUT2D eigenvalue weighted by Gasteiger charge is -2.26. The van der Waals surface area contributed by atoms with Crippen LogP contribution >= 0.6 is 0 Å². The van der Waals surface area contributed by atoms with Gasteiger partial charge in [-0.2, -0.15) is 22.6 Å². The molecular formula is C30H36F3N5O4S. The molecule has 232 valence electrons. The van der Waals surface area contributed by atoms with Crippen LogP contribution in [0.3, 0.4) is 0 Å². The molecule has 2 aliphatic rings. The van der Waals surface area contributed by atoms with Crippen LogP contribution in [-0.4, -0.2) is 77.0 Å². The third-order valence-electron chi connectivity index (χ3n) is 8.06. The molecular weight excluding hydrogens is 583 g/mol. The van der Waals surface area contributed by atoms with Gasteiger partial charge in [0.1, 0.15) is 0 Å². The van der Waals surface area contributed by atoms with Crippen molar-refractivity contribution in [3.8, 4) is 11.3 Å². The summed E-state index contributed by atoms with van der Waals surface area (Å²) in [6.07, 6.45) is -1.74. The standard InChI is InChI=1S/C30H36F3N5O4S/c1-20-5-7-21(8-6-20)29(40)34-16-23-15-22(9-10-26(23)30(31,32)33)28-25-19-37(43(2,41)42)14-11-27(25)38(35-28)18-24(39)17-36-12-3-4-13-36/h5-10,15,24,39H,3-4,11-14,16-19H2,1-2H3,(H,34,40). The molecule has 0 radical (unpaired) electrons. The molecule has 1 unspecified atom stereocenters. The van der Waals surface area contributed by atoms with Crippen LogP contribution in [0.2, 0.25) is 0 Å². The fraction of sp³-hybridized carbons (Fsp3) is 0.467. The molecule has 3 heterocycles. The van der Waals surface area contributed by atoms with Gasteiger partial charge in [-0.1, -0.05) is 23.8 Å². The predicted molar refractivity (Wildman–Crippen MR) is 156 cm³/mol. The first-order chi connectivity index (χ1) is 20.3. The van der Waals surface area contributed by atoms with Gasteiger partial charge in [-0.05, 0) is 62.7 Å². The van der Waals surface area contributed by atoms with Crippen molar-refractivity contribution in [2.45, 2.75) is 58.1 Å². The number of halogens is 3. The molecule has 0 spiro atoms. The van der Waals surface area contributed by atoms with E-state index in [2.05, 4.69) is 10.2 Å².